The summed E-state index contributed by atoms with van der Waals surface area (Å²) in [6.07, 6.45) is 1.84. The van der Waals surface area contributed by atoms with Gasteiger partial charge in [0, 0.05) is 38.2 Å². The van der Waals surface area contributed by atoms with Crippen molar-refractivity contribution in [3.8, 4) is 5.75 Å². The van der Waals surface area contributed by atoms with Gasteiger partial charge in [-0.05, 0) is 24.6 Å². The summed E-state index contributed by atoms with van der Waals surface area (Å²) in [7, 11) is 1.60. The molecule has 1 aliphatic rings. The first-order chi connectivity index (χ1) is 12.2. The largest absolute Gasteiger partial charge is 0.497 e. The van der Waals surface area contributed by atoms with E-state index in [-0.39, 0.29) is 5.91 Å². The minimum absolute atomic E-state index is 0.0431. The molecule has 0 radical (unpaired) electrons. The maximum absolute atomic E-state index is 12.6. The second-order valence-corrected chi connectivity index (χ2v) is 6.15. The highest BCUT2D eigenvalue weighted by molar-refractivity contribution is 5.94. The molecule has 0 atom stereocenters. The molecule has 25 heavy (non-hydrogen) atoms. The van der Waals surface area contributed by atoms with Crippen molar-refractivity contribution in [3.63, 3.8) is 0 Å². The van der Waals surface area contributed by atoms with Crippen molar-refractivity contribution in [2.45, 2.75) is 26.3 Å². The van der Waals surface area contributed by atoms with Gasteiger partial charge in [-0.15, -0.1) is 0 Å². The number of ether oxygens (including phenoxy) is 1. The zero-order valence-corrected chi connectivity index (χ0v) is 14.8. The first kappa shape index (κ1) is 17.4. The molecule has 7 nitrogen and oxygen atoms in total. The Bertz CT molecular complexity index is 708. The van der Waals surface area contributed by atoms with Gasteiger partial charge >= 0.3 is 0 Å². The molecule has 7 heteroatoms. The highest BCUT2D eigenvalue weighted by Crippen LogP contribution is 2.16. The molecule has 2 aromatic rings. The van der Waals surface area contributed by atoms with Crippen LogP contribution < -0.4 is 4.74 Å². The number of benzene rings is 1. The van der Waals surface area contributed by atoms with Crippen LogP contribution in [-0.4, -0.2) is 59.1 Å². The molecule has 1 aliphatic heterocycles. The van der Waals surface area contributed by atoms with Gasteiger partial charge in [-0.1, -0.05) is 18.1 Å². The second kappa shape index (κ2) is 8.11. The Morgan fingerprint density at radius 3 is 2.80 bits per heavy atom. The van der Waals surface area contributed by atoms with Gasteiger partial charge in [0.15, 0.2) is 5.82 Å². The Kier molecular flexibility index (Phi) is 5.65. The summed E-state index contributed by atoms with van der Waals surface area (Å²) in [5.41, 5.74) is 0.661. The molecule has 0 N–H and O–H groups in total. The van der Waals surface area contributed by atoms with Crippen LogP contribution >= 0.6 is 0 Å². The van der Waals surface area contributed by atoms with E-state index in [4.69, 9.17) is 9.26 Å². The van der Waals surface area contributed by atoms with Gasteiger partial charge in [0.2, 0.25) is 5.89 Å². The smallest absolute Gasteiger partial charge is 0.254 e. The summed E-state index contributed by atoms with van der Waals surface area (Å²) in [5.74, 6) is 2.16. The van der Waals surface area contributed by atoms with Crippen LogP contribution in [0.5, 0.6) is 5.75 Å². The summed E-state index contributed by atoms with van der Waals surface area (Å²) in [6, 6.07) is 7.28. The summed E-state index contributed by atoms with van der Waals surface area (Å²) in [6.45, 7) is 5.69. The molecular weight excluding hydrogens is 320 g/mol. The molecule has 0 aliphatic carbocycles. The van der Waals surface area contributed by atoms with E-state index < -0.39 is 0 Å². The van der Waals surface area contributed by atoms with E-state index in [1.807, 2.05) is 23.1 Å². The molecule has 134 valence electrons. The number of piperazine rings is 1. The molecule has 0 bridgehead atoms. The molecule has 3 rings (SSSR count). The van der Waals surface area contributed by atoms with Crippen molar-refractivity contribution in [3.05, 3.63) is 41.5 Å². The predicted octanol–water partition coefficient (Wildman–Crippen LogP) is 1.99. The van der Waals surface area contributed by atoms with Crippen LogP contribution in [0.4, 0.5) is 0 Å². The molecule has 1 aromatic heterocycles. The van der Waals surface area contributed by atoms with Crippen molar-refractivity contribution in [1.82, 2.24) is 19.9 Å². The van der Waals surface area contributed by atoms with E-state index in [0.29, 0.717) is 36.8 Å². The number of aromatic nitrogens is 2. The summed E-state index contributed by atoms with van der Waals surface area (Å²) >= 11 is 0. The quantitative estimate of drug-likeness (QED) is 0.798. The summed E-state index contributed by atoms with van der Waals surface area (Å²) in [5, 5.41) is 3.98. The lowest BCUT2D eigenvalue weighted by Crippen LogP contribution is -2.48. The van der Waals surface area contributed by atoms with E-state index in [1.165, 1.54) is 0 Å². The van der Waals surface area contributed by atoms with Gasteiger partial charge in [-0.25, -0.2) is 0 Å². The fourth-order valence-corrected chi connectivity index (χ4v) is 2.92. The van der Waals surface area contributed by atoms with Gasteiger partial charge in [-0.3, -0.25) is 9.69 Å². The molecular formula is C18H24N4O3. The van der Waals surface area contributed by atoms with Crippen LogP contribution in [0.1, 0.15) is 35.4 Å². The molecule has 1 fully saturated rings. The Labute approximate surface area is 147 Å². The molecule has 0 unspecified atom stereocenters. The van der Waals surface area contributed by atoms with Crippen molar-refractivity contribution in [1.29, 1.82) is 0 Å². The molecule has 0 spiro atoms. The van der Waals surface area contributed by atoms with Gasteiger partial charge in [-0.2, -0.15) is 4.98 Å². The lowest BCUT2D eigenvalue weighted by Gasteiger charge is -2.34. The number of carbonyl (C=O) groups excluding carboxylic acids is 1. The highest BCUT2D eigenvalue weighted by atomic mass is 16.5. The number of hydrogen-bond donors (Lipinski definition) is 0. The molecule has 0 saturated carbocycles. The lowest BCUT2D eigenvalue weighted by atomic mass is 10.1. The predicted molar refractivity (Wildman–Crippen MR) is 92.5 cm³/mol. The SMILES string of the molecule is CCCc1noc(CN2CCN(C(=O)c3cccc(OC)c3)CC2)n1. The Hall–Kier alpha value is -2.41. The van der Waals surface area contributed by atoms with Crippen molar-refractivity contribution in [2.75, 3.05) is 33.3 Å². The summed E-state index contributed by atoms with van der Waals surface area (Å²) in [4.78, 5) is 21.1. The Morgan fingerprint density at radius 2 is 2.08 bits per heavy atom. The average Bonchev–Trinajstić information content (AvgIpc) is 3.09. The second-order valence-electron chi connectivity index (χ2n) is 6.15. The number of amides is 1. The minimum atomic E-state index is 0.0431. The highest BCUT2D eigenvalue weighted by Gasteiger charge is 2.23. The van der Waals surface area contributed by atoms with Crippen LogP contribution in [-0.2, 0) is 13.0 Å². The standard InChI is InChI=1S/C18H24N4O3/c1-3-5-16-19-17(25-20-16)13-21-8-10-22(11-9-21)18(23)14-6-4-7-15(12-14)24-2/h4,6-7,12H,3,5,8-11,13H2,1-2H3. The summed E-state index contributed by atoms with van der Waals surface area (Å²) < 4.78 is 10.5. The maximum Gasteiger partial charge on any atom is 0.254 e. The number of nitrogens with zero attached hydrogens (tertiary/aromatic N) is 4. The van der Waals surface area contributed by atoms with E-state index in [1.54, 1.807) is 13.2 Å². The minimum Gasteiger partial charge on any atom is -0.497 e. The molecule has 1 saturated heterocycles. The first-order valence-electron chi connectivity index (χ1n) is 8.66. The molecule has 1 aromatic carbocycles. The van der Waals surface area contributed by atoms with Crippen molar-refractivity contribution >= 4 is 5.91 Å². The zero-order chi connectivity index (χ0) is 17.6. The van der Waals surface area contributed by atoms with E-state index in [2.05, 4.69) is 22.0 Å². The number of methoxy groups -OCH3 is 1. The third-order valence-corrected chi connectivity index (χ3v) is 4.32. The zero-order valence-electron chi connectivity index (χ0n) is 14.8. The van der Waals surface area contributed by atoms with Crippen molar-refractivity contribution < 1.29 is 14.1 Å². The van der Waals surface area contributed by atoms with E-state index in [9.17, 15) is 4.79 Å². The average molecular weight is 344 g/mol. The van der Waals surface area contributed by atoms with Gasteiger partial charge in [0.25, 0.3) is 5.91 Å². The van der Waals surface area contributed by atoms with E-state index in [0.717, 1.165) is 31.8 Å². The maximum atomic E-state index is 12.6. The van der Waals surface area contributed by atoms with Gasteiger partial charge < -0.3 is 14.2 Å². The molecule has 1 amide bonds. The van der Waals surface area contributed by atoms with Crippen LogP contribution in [0.3, 0.4) is 0 Å². The third-order valence-electron chi connectivity index (χ3n) is 4.32. The fraction of sp³-hybridized carbons (Fsp3) is 0.500. The topological polar surface area (TPSA) is 71.7 Å². The third kappa shape index (κ3) is 4.36. The Morgan fingerprint density at radius 1 is 1.28 bits per heavy atom. The monoisotopic (exact) mass is 344 g/mol. The van der Waals surface area contributed by atoms with Crippen LogP contribution in [0.2, 0.25) is 0 Å². The number of aryl methyl sites for hydroxylation is 1. The normalized spacial score (nSPS) is 15.4. The van der Waals surface area contributed by atoms with Gasteiger partial charge in [0.05, 0.1) is 13.7 Å². The fourth-order valence-electron chi connectivity index (χ4n) is 2.92. The number of carbonyl (C=O) groups is 1. The van der Waals surface area contributed by atoms with Crippen LogP contribution in [0.15, 0.2) is 28.8 Å². The number of hydrogen-bond acceptors (Lipinski definition) is 6. The number of rotatable bonds is 6. The van der Waals surface area contributed by atoms with E-state index >= 15 is 0 Å². The first-order valence-corrected chi connectivity index (χ1v) is 8.66. The van der Waals surface area contributed by atoms with Crippen LogP contribution in [0.25, 0.3) is 0 Å². The molecule has 2 heterocycles. The van der Waals surface area contributed by atoms with Crippen molar-refractivity contribution in [2.24, 2.45) is 0 Å². The lowest BCUT2D eigenvalue weighted by molar-refractivity contribution is 0.0614. The van der Waals surface area contributed by atoms with Gasteiger partial charge in [0.1, 0.15) is 5.75 Å². The van der Waals surface area contributed by atoms with Crippen LogP contribution in [0, 0.1) is 0 Å². The Balaban J connectivity index is 1.53.